The van der Waals surface area contributed by atoms with E-state index in [0.717, 1.165) is 23.9 Å². The van der Waals surface area contributed by atoms with Crippen LogP contribution in [0.25, 0.3) is 11.4 Å². The van der Waals surface area contributed by atoms with E-state index in [0.29, 0.717) is 16.5 Å². The zero-order chi connectivity index (χ0) is 21.8. The standard InChI is InChI=1S/C17H14N6O6S/c1-21-16(10-3-2-4-12(7-10)22(26)27)19-20-17(21)30-9-15(25)18-11-5-6-14(24)13(8-11)23(28)29/h2-8,24H,9H2,1H3,(H,18,25). The number of thioether (sulfide) groups is 1. The third-order valence-electron chi connectivity index (χ3n) is 3.94. The number of anilines is 1. The highest BCUT2D eigenvalue weighted by molar-refractivity contribution is 7.99. The van der Waals surface area contributed by atoms with Crippen molar-refractivity contribution in [1.29, 1.82) is 0 Å². The highest BCUT2D eigenvalue weighted by Crippen LogP contribution is 2.29. The fourth-order valence-electron chi connectivity index (χ4n) is 2.53. The predicted molar refractivity (Wildman–Crippen MR) is 107 cm³/mol. The lowest BCUT2D eigenvalue weighted by atomic mass is 10.2. The average Bonchev–Trinajstić information content (AvgIpc) is 3.08. The summed E-state index contributed by atoms with van der Waals surface area (Å²) in [5, 5.41) is 42.2. The zero-order valence-electron chi connectivity index (χ0n) is 15.4. The molecule has 0 aliphatic carbocycles. The van der Waals surface area contributed by atoms with Gasteiger partial charge >= 0.3 is 5.69 Å². The van der Waals surface area contributed by atoms with Gasteiger partial charge in [-0.25, -0.2) is 0 Å². The molecule has 0 radical (unpaired) electrons. The molecular formula is C17H14N6O6S. The number of hydrogen-bond acceptors (Lipinski definition) is 9. The van der Waals surface area contributed by atoms with Gasteiger partial charge in [0.15, 0.2) is 16.7 Å². The van der Waals surface area contributed by atoms with Gasteiger partial charge in [0.2, 0.25) is 5.91 Å². The summed E-state index contributed by atoms with van der Waals surface area (Å²) in [6, 6.07) is 9.47. The summed E-state index contributed by atoms with van der Waals surface area (Å²) in [4.78, 5) is 32.7. The van der Waals surface area contributed by atoms with Gasteiger partial charge in [0, 0.05) is 36.5 Å². The Bertz CT molecular complexity index is 1150. The number of rotatable bonds is 7. The molecule has 0 atom stereocenters. The second-order valence-electron chi connectivity index (χ2n) is 5.97. The van der Waals surface area contributed by atoms with Crippen molar-refractivity contribution in [3.05, 3.63) is 62.7 Å². The number of carbonyl (C=O) groups is 1. The number of aromatic hydroxyl groups is 1. The average molecular weight is 430 g/mol. The van der Waals surface area contributed by atoms with Crippen molar-refractivity contribution in [3.63, 3.8) is 0 Å². The maximum atomic E-state index is 12.2. The lowest BCUT2D eigenvalue weighted by Crippen LogP contribution is -2.14. The molecule has 3 rings (SSSR count). The number of benzene rings is 2. The third kappa shape index (κ3) is 4.52. The Morgan fingerprint density at radius 1 is 1.17 bits per heavy atom. The summed E-state index contributed by atoms with van der Waals surface area (Å²) in [6.45, 7) is 0. The Hall–Kier alpha value is -4.00. The largest absolute Gasteiger partial charge is 0.502 e. The summed E-state index contributed by atoms with van der Waals surface area (Å²) in [7, 11) is 1.66. The van der Waals surface area contributed by atoms with E-state index < -0.39 is 27.2 Å². The highest BCUT2D eigenvalue weighted by Gasteiger charge is 2.17. The Kier molecular flexibility index (Phi) is 5.92. The summed E-state index contributed by atoms with van der Waals surface area (Å²) in [5.74, 6) is -0.605. The summed E-state index contributed by atoms with van der Waals surface area (Å²) < 4.78 is 1.60. The minimum absolute atomic E-state index is 0.0599. The first-order valence-electron chi connectivity index (χ1n) is 8.30. The van der Waals surface area contributed by atoms with E-state index in [9.17, 15) is 30.1 Å². The van der Waals surface area contributed by atoms with Gasteiger partial charge in [0.05, 0.1) is 15.6 Å². The quantitative estimate of drug-likeness (QED) is 0.248. The molecule has 30 heavy (non-hydrogen) atoms. The first kappa shape index (κ1) is 20.7. The van der Waals surface area contributed by atoms with Gasteiger partial charge in [-0.1, -0.05) is 23.9 Å². The molecule has 0 aliphatic heterocycles. The predicted octanol–water partition coefficient (Wildman–Crippen LogP) is 2.73. The Balaban J connectivity index is 1.68. The number of amides is 1. The molecule has 0 bridgehead atoms. The lowest BCUT2D eigenvalue weighted by Gasteiger charge is -2.06. The molecule has 0 unspecified atom stereocenters. The molecule has 0 fully saturated rings. The highest BCUT2D eigenvalue weighted by atomic mass is 32.2. The van der Waals surface area contributed by atoms with E-state index in [1.165, 1.54) is 18.2 Å². The number of nitro benzene ring substituents is 2. The number of phenolic OH excluding ortho intramolecular Hbond substituents is 1. The van der Waals surface area contributed by atoms with Crippen molar-refractivity contribution < 1.29 is 19.7 Å². The number of carbonyl (C=O) groups excluding carboxylic acids is 1. The van der Waals surface area contributed by atoms with Gasteiger partial charge in [0.25, 0.3) is 5.69 Å². The molecular weight excluding hydrogens is 416 g/mol. The van der Waals surface area contributed by atoms with Gasteiger partial charge in [-0.15, -0.1) is 10.2 Å². The van der Waals surface area contributed by atoms with Crippen molar-refractivity contribution in [2.75, 3.05) is 11.1 Å². The second kappa shape index (κ2) is 8.57. The van der Waals surface area contributed by atoms with Gasteiger partial charge in [0.1, 0.15) is 0 Å². The summed E-state index contributed by atoms with van der Waals surface area (Å²) >= 11 is 1.07. The van der Waals surface area contributed by atoms with E-state index in [1.807, 2.05) is 0 Å². The lowest BCUT2D eigenvalue weighted by molar-refractivity contribution is -0.385. The van der Waals surface area contributed by atoms with Crippen LogP contribution in [0, 0.1) is 20.2 Å². The van der Waals surface area contributed by atoms with E-state index >= 15 is 0 Å². The number of nitrogens with zero attached hydrogens (tertiary/aromatic N) is 5. The molecule has 13 heteroatoms. The smallest absolute Gasteiger partial charge is 0.312 e. The van der Waals surface area contributed by atoms with Crippen LogP contribution in [-0.2, 0) is 11.8 Å². The number of non-ortho nitro benzene ring substituents is 1. The summed E-state index contributed by atoms with van der Waals surface area (Å²) in [5.41, 5.74) is 0.0784. The van der Waals surface area contributed by atoms with Crippen molar-refractivity contribution >= 4 is 34.7 Å². The molecule has 154 valence electrons. The van der Waals surface area contributed by atoms with Crippen molar-refractivity contribution in [3.8, 4) is 17.1 Å². The minimum Gasteiger partial charge on any atom is -0.502 e. The van der Waals surface area contributed by atoms with Crippen molar-refractivity contribution in [1.82, 2.24) is 14.8 Å². The fourth-order valence-corrected chi connectivity index (χ4v) is 3.24. The normalized spacial score (nSPS) is 10.6. The van der Waals surface area contributed by atoms with E-state index in [-0.39, 0.29) is 17.1 Å². The second-order valence-corrected chi connectivity index (χ2v) is 6.91. The van der Waals surface area contributed by atoms with Crippen LogP contribution in [0.5, 0.6) is 5.75 Å². The molecule has 12 nitrogen and oxygen atoms in total. The molecule has 3 aromatic rings. The maximum Gasteiger partial charge on any atom is 0.312 e. The van der Waals surface area contributed by atoms with E-state index in [2.05, 4.69) is 15.5 Å². The molecule has 0 spiro atoms. The van der Waals surface area contributed by atoms with Crippen molar-refractivity contribution in [2.24, 2.45) is 7.05 Å². The van der Waals surface area contributed by atoms with Crippen LogP contribution in [0.1, 0.15) is 0 Å². The zero-order valence-corrected chi connectivity index (χ0v) is 16.2. The Labute approximate surface area is 172 Å². The van der Waals surface area contributed by atoms with E-state index in [4.69, 9.17) is 0 Å². The summed E-state index contributed by atoms with van der Waals surface area (Å²) in [6.07, 6.45) is 0. The van der Waals surface area contributed by atoms with Crippen LogP contribution in [0.4, 0.5) is 17.1 Å². The maximum absolute atomic E-state index is 12.2. The van der Waals surface area contributed by atoms with Gasteiger partial charge in [-0.3, -0.25) is 25.0 Å². The molecule has 2 N–H and O–H groups in total. The molecule has 0 saturated heterocycles. The molecule has 1 aromatic heterocycles. The molecule has 1 amide bonds. The van der Waals surface area contributed by atoms with Crippen LogP contribution in [0.3, 0.4) is 0 Å². The van der Waals surface area contributed by atoms with Gasteiger partial charge < -0.3 is 15.0 Å². The third-order valence-corrected chi connectivity index (χ3v) is 4.96. The van der Waals surface area contributed by atoms with Gasteiger partial charge in [-0.2, -0.15) is 0 Å². The Morgan fingerprint density at radius 3 is 2.63 bits per heavy atom. The molecule has 1 heterocycles. The van der Waals surface area contributed by atoms with Crippen LogP contribution >= 0.6 is 11.8 Å². The number of nitro groups is 2. The van der Waals surface area contributed by atoms with Crippen LogP contribution in [0.15, 0.2) is 47.6 Å². The SMILES string of the molecule is Cn1c(SCC(=O)Nc2ccc(O)c([N+](=O)[O-])c2)nnc1-c1cccc([N+](=O)[O-])c1. The number of aromatic nitrogens is 3. The Morgan fingerprint density at radius 2 is 1.93 bits per heavy atom. The first-order chi connectivity index (χ1) is 14.3. The monoisotopic (exact) mass is 430 g/mol. The van der Waals surface area contributed by atoms with Crippen LogP contribution in [-0.4, -0.2) is 41.4 Å². The number of hydrogen-bond donors (Lipinski definition) is 2. The molecule has 0 saturated carbocycles. The minimum atomic E-state index is -0.755. The first-order valence-corrected chi connectivity index (χ1v) is 9.29. The fraction of sp³-hybridized carbons (Fsp3) is 0.118. The van der Waals surface area contributed by atoms with Crippen LogP contribution in [0.2, 0.25) is 0 Å². The van der Waals surface area contributed by atoms with Crippen LogP contribution < -0.4 is 5.32 Å². The van der Waals surface area contributed by atoms with Crippen molar-refractivity contribution in [2.45, 2.75) is 5.16 Å². The number of nitrogens with one attached hydrogen (secondary N) is 1. The van der Waals surface area contributed by atoms with E-state index in [1.54, 1.807) is 23.7 Å². The molecule has 0 aliphatic rings. The molecule has 2 aromatic carbocycles. The topological polar surface area (TPSA) is 166 Å². The number of phenols is 1. The van der Waals surface area contributed by atoms with Gasteiger partial charge in [-0.05, 0) is 12.1 Å².